The van der Waals surface area contributed by atoms with Crippen LogP contribution in [-0.4, -0.2) is 42.1 Å². The van der Waals surface area contributed by atoms with Gasteiger partial charge in [0, 0.05) is 18.5 Å². The maximum Gasteiger partial charge on any atom is 0.226 e. The van der Waals surface area contributed by atoms with E-state index >= 15 is 0 Å². The van der Waals surface area contributed by atoms with Gasteiger partial charge in [-0.3, -0.25) is 4.79 Å². The lowest BCUT2D eigenvalue weighted by molar-refractivity contribution is -0.147. The summed E-state index contributed by atoms with van der Waals surface area (Å²) in [5.74, 6) is 0.443. The number of halogens is 1. The van der Waals surface area contributed by atoms with E-state index in [0.717, 1.165) is 25.8 Å². The Bertz CT molecular complexity index is 275. The van der Waals surface area contributed by atoms with E-state index in [1.807, 2.05) is 11.8 Å². The molecule has 1 saturated carbocycles. The summed E-state index contributed by atoms with van der Waals surface area (Å²) in [6.45, 7) is 5.46. The van der Waals surface area contributed by atoms with Gasteiger partial charge in [0.15, 0.2) is 0 Å². The van der Waals surface area contributed by atoms with Crippen LogP contribution in [0.25, 0.3) is 0 Å². The molecule has 17 heavy (non-hydrogen) atoms. The van der Waals surface area contributed by atoms with E-state index in [2.05, 4.69) is 6.92 Å². The minimum Gasteiger partial charge on any atom is -0.375 e. The second-order valence-corrected chi connectivity index (χ2v) is 5.25. The molecule has 0 aromatic heterocycles. The first-order valence-corrected chi connectivity index (χ1v) is 6.25. The normalized spacial score (nSPS) is 37.7. The fourth-order valence-electron chi connectivity index (χ4n) is 2.69. The summed E-state index contributed by atoms with van der Waals surface area (Å²) in [6, 6.07) is 0.434. The fraction of sp³-hybridized carbons (Fsp3) is 0.917. The zero-order valence-electron chi connectivity index (χ0n) is 10.6. The molecular formula is C12H23ClN2O2. The number of carbonyl (C=O) groups excluding carboxylic acids is 1. The molecule has 0 aromatic carbocycles. The molecule has 0 bridgehead atoms. The Kier molecular flexibility index (Phi) is 5.22. The Morgan fingerprint density at radius 2 is 2.06 bits per heavy atom. The number of rotatable bonds is 1. The topological polar surface area (TPSA) is 55.6 Å². The molecule has 5 heteroatoms. The van der Waals surface area contributed by atoms with Gasteiger partial charge in [-0.2, -0.15) is 0 Å². The smallest absolute Gasteiger partial charge is 0.226 e. The van der Waals surface area contributed by atoms with Crippen molar-refractivity contribution in [3.8, 4) is 0 Å². The van der Waals surface area contributed by atoms with Crippen LogP contribution in [0.2, 0.25) is 0 Å². The maximum absolute atomic E-state index is 12.3. The summed E-state index contributed by atoms with van der Waals surface area (Å²) in [6.07, 6.45) is 2.97. The van der Waals surface area contributed by atoms with Crippen molar-refractivity contribution in [2.75, 3.05) is 13.2 Å². The van der Waals surface area contributed by atoms with Crippen LogP contribution in [0.5, 0.6) is 0 Å². The molecule has 2 rings (SSSR count). The van der Waals surface area contributed by atoms with Gasteiger partial charge in [-0.15, -0.1) is 12.4 Å². The molecule has 1 amide bonds. The number of ether oxygens (including phenoxy) is 1. The van der Waals surface area contributed by atoms with Crippen LogP contribution in [0.15, 0.2) is 0 Å². The van der Waals surface area contributed by atoms with Gasteiger partial charge >= 0.3 is 0 Å². The summed E-state index contributed by atoms with van der Waals surface area (Å²) in [4.78, 5) is 14.3. The number of nitrogens with zero attached hydrogens (tertiary/aromatic N) is 1. The minimum absolute atomic E-state index is 0. The number of hydrogen-bond acceptors (Lipinski definition) is 3. The van der Waals surface area contributed by atoms with E-state index in [1.54, 1.807) is 0 Å². The summed E-state index contributed by atoms with van der Waals surface area (Å²) >= 11 is 0. The van der Waals surface area contributed by atoms with E-state index in [-0.39, 0.29) is 42.4 Å². The van der Waals surface area contributed by atoms with Crippen LogP contribution < -0.4 is 5.73 Å². The standard InChI is InChI=1S/C12H22N2O2.ClH/c1-8-7-16-9(2)6-14(8)12(15)10-3-4-11(13)5-10;/h8-11H,3-7,13H2,1-2H3;1H. The highest BCUT2D eigenvalue weighted by molar-refractivity contribution is 5.85. The lowest BCUT2D eigenvalue weighted by atomic mass is 10.0. The van der Waals surface area contributed by atoms with E-state index < -0.39 is 0 Å². The highest BCUT2D eigenvalue weighted by atomic mass is 35.5. The van der Waals surface area contributed by atoms with Crippen LogP contribution >= 0.6 is 12.4 Å². The van der Waals surface area contributed by atoms with Crippen molar-refractivity contribution in [2.24, 2.45) is 11.7 Å². The summed E-state index contributed by atoms with van der Waals surface area (Å²) < 4.78 is 5.54. The molecule has 2 N–H and O–H groups in total. The number of amides is 1. The SMILES string of the molecule is CC1CN(C(=O)C2CCC(N)C2)C(C)CO1.Cl. The summed E-state index contributed by atoms with van der Waals surface area (Å²) in [7, 11) is 0. The molecule has 2 aliphatic rings. The monoisotopic (exact) mass is 262 g/mol. The first-order valence-electron chi connectivity index (χ1n) is 6.25. The first kappa shape index (κ1) is 14.7. The highest BCUT2D eigenvalue weighted by Gasteiger charge is 2.35. The van der Waals surface area contributed by atoms with Crippen molar-refractivity contribution in [3.63, 3.8) is 0 Å². The van der Waals surface area contributed by atoms with E-state index in [0.29, 0.717) is 6.61 Å². The largest absolute Gasteiger partial charge is 0.375 e. The van der Waals surface area contributed by atoms with Crippen molar-refractivity contribution in [3.05, 3.63) is 0 Å². The molecule has 4 unspecified atom stereocenters. The lowest BCUT2D eigenvalue weighted by Crippen LogP contribution is -2.51. The Morgan fingerprint density at radius 1 is 1.35 bits per heavy atom. The summed E-state index contributed by atoms with van der Waals surface area (Å²) in [5, 5.41) is 0. The molecule has 0 spiro atoms. The van der Waals surface area contributed by atoms with Crippen LogP contribution in [-0.2, 0) is 9.53 Å². The maximum atomic E-state index is 12.3. The third-order valence-corrected chi connectivity index (χ3v) is 3.71. The zero-order chi connectivity index (χ0) is 11.7. The number of nitrogens with two attached hydrogens (primary N) is 1. The number of morpholine rings is 1. The molecular weight excluding hydrogens is 240 g/mol. The van der Waals surface area contributed by atoms with Gasteiger partial charge in [-0.1, -0.05) is 0 Å². The summed E-state index contributed by atoms with van der Waals surface area (Å²) in [5.41, 5.74) is 5.86. The Hall–Kier alpha value is -0.320. The molecule has 1 heterocycles. The average molecular weight is 263 g/mol. The lowest BCUT2D eigenvalue weighted by Gasteiger charge is -2.38. The number of carbonyl (C=O) groups is 1. The number of hydrogen-bond donors (Lipinski definition) is 1. The quantitative estimate of drug-likeness (QED) is 0.772. The third-order valence-electron chi connectivity index (χ3n) is 3.71. The molecule has 1 aliphatic heterocycles. The van der Waals surface area contributed by atoms with Crippen LogP contribution in [0, 0.1) is 5.92 Å². The third kappa shape index (κ3) is 3.33. The van der Waals surface area contributed by atoms with Gasteiger partial charge in [-0.25, -0.2) is 0 Å². The van der Waals surface area contributed by atoms with E-state index in [9.17, 15) is 4.79 Å². The Balaban J connectivity index is 0.00000144. The first-order chi connectivity index (χ1) is 7.58. The van der Waals surface area contributed by atoms with Crippen LogP contribution in [0.4, 0.5) is 0 Å². The molecule has 0 radical (unpaired) electrons. The van der Waals surface area contributed by atoms with Crippen LogP contribution in [0.1, 0.15) is 33.1 Å². The molecule has 4 atom stereocenters. The van der Waals surface area contributed by atoms with Gasteiger partial charge in [0.2, 0.25) is 5.91 Å². The molecule has 4 nitrogen and oxygen atoms in total. The minimum atomic E-state index is 0. The van der Waals surface area contributed by atoms with E-state index in [4.69, 9.17) is 10.5 Å². The Morgan fingerprint density at radius 3 is 2.65 bits per heavy atom. The predicted octanol–water partition coefficient (Wildman–Crippen LogP) is 1.17. The highest BCUT2D eigenvalue weighted by Crippen LogP contribution is 2.27. The second kappa shape index (κ2) is 6.03. The van der Waals surface area contributed by atoms with Crippen molar-refractivity contribution in [2.45, 2.75) is 51.3 Å². The van der Waals surface area contributed by atoms with Gasteiger partial charge in [0.05, 0.1) is 18.8 Å². The Labute approximate surface area is 109 Å². The second-order valence-electron chi connectivity index (χ2n) is 5.25. The molecule has 0 aromatic rings. The predicted molar refractivity (Wildman–Crippen MR) is 69.2 cm³/mol. The fourth-order valence-corrected chi connectivity index (χ4v) is 2.69. The van der Waals surface area contributed by atoms with Crippen molar-refractivity contribution < 1.29 is 9.53 Å². The van der Waals surface area contributed by atoms with Gasteiger partial charge in [0.25, 0.3) is 0 Å². The van der Waals surface area contributed by atoms with Crippen molar-refractivity contribution in [1.82, 2.24) is 4.90 Å². The van der Waals surface area contributed by atoms with E-state index in [1.165, 1.54) is 0 Å². The van der Waals surface area contributed by atoms with Crippen LogP contribution in [0.3, 0.4) is 0 Å². The average Bonchev–Trinajstić information content (AvgIpc) is 2.67. The molecule has 1 aliphatic carbocycles. The van der Waals surface area contributed by atoms with Crippen molar-refractivity contribution >= 4 is 18.3 Å². The molecule has 2 fully saturated rings. The molecule has 1 saturated heterocycles. The zero-order valence-corrected chi connectivity index (χ0v) is 11.4. The molecule has 100 valence electrons. The van der Waals surface area contributed by atoms with Gasteiger partial charge in [-0.05, 0) is 33.1 Å². The van der Waals surface area contributed by atoms with Crippen molar-refractivity contribution in [1.29, 1.82) is 0 Å². The van der Waals surface area contributed by atoms with Gasteiger partial charge in [0.1, 0.15) is 0 Å². The van der Waals surface area contributed by atoms with Gasteiger partial charge < -0.3 is 15.4 Å².